The molecule has 0 unspecified atom stereocenters. The molecular formula is C14H17BrN2O. The van der Waals surface area contributed by atoms with Crippen molar-refractivity contribution >= 4 is 21.6 Å². The molecule has 96 valence electrons. The van der Waals surface area contributed by atoms with E-state index in [1.165, 1.54) is 11.3 Å². The van der Waals surface area contributed by atoms with Crippen molar-refractivity contribution in [3.63, 3.8) is 0 Å². The van der Waals surface area contributed by atoms with E-state index < -0.39 is 0 Å². The van der Waals surface area contributed by atoms with Crippen LogP contribution in [0, 0.1) is 0 Å². The van der Waals surface area contributed by atoms with E-state index >= 15 is 0 Å². The summed E-state index contributed by atoms with van der Waals surface area (Å²) in [6.07, 6.45) is 1.69. The number of hydrogen-bond donors (Lipinski definition) is 1. The van der Waals surface area contributed by atoms with E-state index in [4.69, 9.17) is 4.42 Å². The number of rotatable bonds is 5. The van der Waals surface area contributed by atoms with Crippen molar-refractivity contribution in [2.24, 2.45) is 0 Å². The van der Waals surface area contributed by atoms with Crippen LogP contribution >= 0.6 is 15.9 Å². The average Bonchev–Trinajstić information content (AvgIpc) is 2.76. The van der Waals surface area contributed by atoms with Crippen LogP contribution in [0.25, 0.3) is 0 Å². The minimum atomic E-state index is 0.725. The zero-order valence-electron chi connectivity index (χ0n) is 10.6. The van der Waals surface area contributed by atoms with Gasteiger partial charge in [0, 0.05) is 26.3 Å². The number of anilines is 1. The molecule has 0 aliphatic rings. The molecule has 1 N–H and O–H groups in total. The van der Waals surface area contributed by atoms with Crippen molar-refractivity contribution in [3.8, 4) is 0 Å². The molecule has 0 spiro atoms. The summed E-state index contributed by atoms with van der Waals surface area (Å²) in [5.74, 6) is 0.930. The van der Waals surface area contributed by atoms with Gasteiger partial charge in [-0.2, -0.15) is 0 Å². The highest BCUT2D eigenvalue weighted by molar-refractivity contribution is 9.10. The van der Waals surface area contributed by atoms with Crippen molar-refractivity contribution in [1.82, 2.24) is 5.32 Å². The Bertz CT molecular complexity index is 491. The standard InChI is InChI=1S/C14H17BrN2O/c1-17(2)12-5-3-11(4-6-12)9-16-10-14-13(15)7-8-18-14/h3-8,16H,9-10H2,1-2H3. The van der Waals surface area contributed by atoms with Gasteiger partial charge in [0.25, 0.3) is 0 Å². The Morgan fingerprint density at radius 3 is 2.39 bits per heavy atom. The van der Waals surface area contributed by atoms with Gasteiger partial charge in [-0.1, -0.05) is 12.1 Å². The first-order valence-corrected chi connectivity index (χ1v) is 6.65. The molecule has 0 bridgehead atoms. The predicted molar refractivity (Wildman–Crippen MR) is 77.7 cm³/mol. The Morgan fingerprint density at radius 1 is 1.11 bits per heavy atom. The van der Waals surface area contributed by atoms with Crippen LogP contribution < -0.4 is 10.2 Å². The number of halogens is 1. The molecule has 1 aromatic heterocycles. The van der Waals surface area contributed by atoms with Gasteiger partial charge in [-0.05, 0) is 39.7 Å². The highest BCUT2D eigenvalue weighted by Crippen LogP contribution is 2.17. The molecule has 18 heavy (non-hydrogen) atoms. The van der Waals surface area contributed by atoms with E-state index in [1.807, 2.05) is 20.2 Å². The molecule has 2 rings (SSSR count). The third kappa shape index (κ3) is 3.37. The SMILES string of the molecule is CN(C)c1ccc(CNCc2occc2Br)cc1. The quantitative estimate of drug-likeness (QED) is 0.917. The normalized spacial score (nSPS) is 10.6. The zero-order valence-corrected chi connectivity index (χ0v) is 12.2. The largest absolute Gasteiger partial charge is 0.467 e. The summed E-state index contributed by atoms with van der Waals surface area (Å²) in [7, 11) is 4.09. The summed E-state index contributed by atoms with van der Waals surface area (Å²) in [6.45, 7) is 1.56. The maximum atomic E-state index is 5.34. The first kappa shape index (κ1) is 13.2. The predicted octanol–water partition coefficient (Wildman–Crippen LogP) is 3.40. The molecule has 0 aliphatic carbocycles. The number of nitrogens with zero attached hydrogens (tertiary/aromatic N) is 1. The summed E-state index contributed by atoms with van der Waals surface area (Å²) >= 11 is 3.44. The summed E-state index contributed by atoms with van der Waals surface area (Å²) in [4.78, 5) is 2.09. The maximum absolute atomic E-state index is 5.34. The van der Waals surface area contributed by atoms with Crippen LogP contribution in [0.4, 0.5) is 5.69 Å². The van der Waals surface area contributed by atoms with Crippen molar-refractivity contribution < 1.29 is 4.42 Å². The molecule has 1 aromatic carbocycles. The van der Waals surface area contributed by atoms with Crippen LogP contribution in [-0.4, -0.2) is 14.1 Å². The lowest BCUT2D eigenvalue weighted by molar-refractivity contribution is 0.481. The Labute approximate surface area is 116 Å². The molecule has 1 heterocycles. The van der Waals surface area contributed by atoms with Gasteiger partial charge in [-0.25, -0.2) is 0 Å². The third-order valence-electron chi connectivity index (χ3n) is 2.76. The van der Waals surface area contributed by atoms with E-state index in [1.54, 1.807) is 6.26 Å². The monoisotopic (exact) mass is 308 g/mol. The fourth-order valence-corrected chi connectivity index (χ4v) is 2.03. The summed E-state index contributed by atoms with van der Waals surface area (Å²) in [6, 6.07) is 10.4. The summed E-state index contributed by atoms with van der Waals surface area (Å²) < 4.78 is 6.35. The lowest BCUT2D eigenvalue weighted by atomic mass is 10.2. The van der Waals surface area contributed by atoms with E-state index in [-0.39, 0.29) is 0 Å². The minimum absolute atomic E-state index is 0.725. The highest BCUT2D eigenvalue weighted by Gasteiger charge is 2.02. The maximum Gasteiger partial charge on any atom is 0.131 e. The average molecular weight is 309 g/mol. The summed E-state index contributed by atoms with van der Waals surface area (Å²) in [5.41, 5.74) is 2.48. The molecular weight excluding hydrogens is 292 g/mol. The van der Waals surface area contributed by atoms with E-state index in [9.17, 15) is 0 Å². The van der Waals surface area contributed by atoms with Crippen LogP contribution in [-0.2, 0) is 13.1 Å². The topological polar surface area (TPSA) is 28.4 Å². The lowest BCUT2D eigenvalue weighted by Crippen LogP contribution is -2.13. The van der Waals surface area contributed by atoms with Gasteiger partial charge < -0.3 is 14.6 Å². The molecule has 0 fully saturated rings. The number of benzene rings is 1. The van der Waals surface area contributed by atoms with Crippen LogP contribution in [0.3, 0.4) is 0 Å². The Morgan fingerprint density at radius 2 is 1.83 bits per heavy atom. The van der Waals surface area contributed by atoms with Crippen molar-refractivity contribution in [3.05, 3.63) is 52.4 Å². The molecule has 3 nitrogen and oxygen atoms in total. The second kappa shape index (κ2) is 6.07. The van der Waals surface area contributed by atoms with Crippen molar-refractivity contribution in [2.45, 2.75) is 13.1 Å². The van der Waals surface area contributed by atoms with Crippen molar-refractivity contribution in [1.29, 1.82) is 0 Å². The van der Waals surface area contributed by atoms with Crippen LogP contribution in [0.5, 0.6) is 0 Å². The summed E-state index contributed by atoms with van der Waals surface area (Å²) in [5, 5.41) is 3.36. The van der Waals surface area contributed by atoms with Gasteiger partial charge in [0.2, 0.25) is 0 Å². The van der Waals surface area contributed by atoms with Gasteiger partial charge in [-0.3, -0.25) is 0 Å². The van der Waals surface area contributed by atoms with E-state index in [0.717, 1.165) is 23.3 Å². The fourth-order valence-electron chi connectivity index (χ4n) is 1.68. The van der Waals surface area contributed by atoms with Gasteiger partial charge in [-0.15, -0.1) is 0 Å². The number of hydrogen-bond acceptors (Lipinski definition) is 3. The van der Waals surface area contributed by atoms with E-state index in [0.29, 0.717) is 0 Å². The molecule has 0 amide bonds. The third-order valence-corrected chi connectivity index (χ3v) is 3.47. The lowest BCUT2D eigenvalue weighted by Gasteiger charge is -2.12. The molecule has 0 aliphatic heterocycles. The van der Waals surface area contributed by atoms with Crippen molar-refractivity contribution in [2.75, 3.05) is 19.0 Å². The Kier molecular flexibility index (Phi) is 4.44. The molecule has 0 saturated heterocycles. The number of nitrogens with one attached hydrogen (secondary N) is 1. The zero-order chi connectivity index (χ0) is 13.0. The Balaban J connectivity index is 1.85. The van der Waals surface area contributed by atoms with Crippen LogP contribution in [0.2, 0.25) is 0 Å². The van der Waals surface area contributed by atoms with Gasteiger partial charge in [0.05, 0.1) is 17.3 Å². The fraction of sp³-hybridized carbons (Fsp3) is 0.286. The molecule has 4 heteroatoms. The van der Waals surface area contributed by atoms with Crippen LogP contribution in [0.15, 0.2) is 45.5 Å². The molecule has 0 saturated carbocycles. The van der Waals surface area contributed by atoms with E-state index in [2.05, 4.69) is 50.4 Å². The smallest absolute Gasteiger partial charge is 0.131 e. The molecule has 0 atom stereocenters. The van der Waals surface area contributed by atoms with Gasteiger partial charge in [0.1, 0.15) is 5.76 Å². The van der Waals surface area contributed by atoms with Crippen LogP contribution in [0.1, 0.15) is 11.3 Å². The minimum Gasteiger partial charge on any atom is -0.467 e. The van der Waals surface area contributed by atoms with Gasteiger partial charge >= 0.3 is 0 Å². The molecule has 2 aromatic rings. The second-order valence-electron chi connectivity index (χ2n) is 4.36. The first-order chi connectivity index (χ1) is 8.66. The number of furan rings is 1. The Hall–Kier alpha value is -1.26. The first-order valence-electron chi connectivity index (χ1n) is 5.85. The second-order valence-corrected chi connectivity index (χ2v) is 5.21. The molecule has 0 radical (unpaired) electrons. The highest BCUT2D eigenvalue weighted by atomic mass is 79.9. The van der Waals surface area contributed by atoms with Gasteiger partial charge in [0.15, 0.2) is 0 Å².